The molecule has 1 heterocycles. The van der Waals surface area contributed by atoms with Crippen molar-refractivity contribution in [3.05, 3.63) is 64.7 Å². The van der Waals surface area contributed by atoms with Gasteiger partial charge in [0.15, 0.2) is 5.66 Å². The van der Waals surface area contributed by atoms with E-state index >= 15 is 0 Å². The molecule has 1 saturated carbocycles. The van der Waals surface area contributed by atoms with Gasteiger partial charge in [0.1, 0.15) is 5.84 Å². The van der Waals surface area contributed by atoms with Gasteiger partial charge >= 0.3 is 0 Å². The zero-order valence-electron chi connectivity index (χ0n) is 19.2. The molecular formula is C28H31N3O. The van der Waals surface area contributed by atoms with Crippen LogP contribution in [0.15, 0.2) is 52.5 Å². The van der Waals surface area contributed by atoms with Gasteiger partial charge in [0.25, 0.3) is 0 Å². The molecule has 0 bridgehead atoms. The lowest BCUT2D eigenvalue weighted by Gasteiger charge is -2.44. The van der Waals surface area contributed by atoms with Crippen LogP contribution in [-0.2, 0) is 23.2 Å². The Morgan fingerprint density at radius 2 is 1.69 bits per heavy atom. The number of amidine groups is 1. The minimum absolute atomic E-state index is 0.0113. The second-order valence-electron chi connectivity index (χ2n) is 10.1. The van der Waals surface area contributed by atoms with Crippen LogP contribution in [0.2, 0.25) is 0 Å². The molecule has 32 heavy (non-hydrogen) atoms. The van der Waals surface area contributed by atoms with E-state index in [0.29, 0.717) is 11.9 Å². The zero-order valence-corrected chi connectivity index (χ0v) is 19.2. The van der Waals surface area contributed by atoms with Crippen molar-refractivity contribution in [1.29, 1.82) is 0 Å². The normalized spacial score (nSPS) is 30.3. The van der Waals surface area contributed by atoms with Crippen molar-refractivity contribution >= 4 is 17.1 Å². The number of methoxy groups -OCH3 is 1. The van der Waals surface area contributed by atoms with Crippen molar-refractivity contribution in [1.82, 2.24) is 0 Å². The minimum atomic E-state index is -0.586. The summed E-state index contributed by atoms with van der Waals surface area (Å²) < 4.78 is 5.69. The lowest BCUT2D eigenvalue weighted by atomic mass is 9.65. The van der Waals surface area contributed by atoms with Gasteiger partial charge in [-0.2, -0.15) is 0 Å². The van der Waals surface area contributed by atoms with Crippen LogP contribution < -0.4 is 5.73 Å². The van der Waals surface area contributed by atoms with E-state index < -0.39 is 5.66 Å². The molecule has 1 unspecified atom stereocenters. The van der Waals surface area contributed by atoms with Crippen molar-refractivity contribution < 1.29 is 4.74 Å². The van der Waals surface area contributed by atoms with Gasteiger partial charge < -0.3 is 10.5 Å². The second-order valence-corrected chi connectivity index (χ2v) is 10.1. The summed E-state index contributed by atoms with van der Waals surface area (Å²) in [6, 6.07) is 13.8. The third-order valence-electron chi connectivity index (χ3n) is 8.46. The molecular weight excluding hydrogens is 394 g/mol. The molecule has 2 aromatic carbocycles. The topological polar surface area (TPSA) is 60.0 Å². The molecule has 2 spiro atoms. The van der Waals surface area contributed by atoms with Crippen LogP contribution in [0, 0.1) is 5.41 Å². The van der Waals surface area contributed by atoms with E-state index in [1.54, 1.807) is 0 Å². The summed E-state index contributed by atoms with van der Waals surface area (Å²) in [5, 5.41) is 0. The summed E-state index contributed by atoms with van der Waals surface area (Å²) in [4.78, 5) is 10.3. The average Bonchev–Trinajstić information content (AvgIpc) is 3.41. The highest BCUT2D eigenvalue weighted by molar-refractivity contribution is 6.41. The summed E-state index contributed by atoms with van der Waals surface area (Å²) in [7, 11) is 1.83. The number of hydrogen-bond acceptors (Lipinski definition) is 4. The standard InChI is InChI=1S/C28H31N3O/c1-17-4-5-19-6-7-20(14-24(17)19)21-8-9-22-16-27(12-10-23(32-3)11-13-27)28(25(22)15-21)30-18(2)26(29)31-28/h4,6-9,14-15,23H,5,10-13,16H2,1-3H3,(H2,29,31). The number of nitrogens with zero attached hydrogens (tertiary/aromatic N) is 2. The van der Waals surface area contributed by atoms with Crippen LogP contribution in [-0.4, -0.2) is 24.8 Å². The van der Waals surface area contributed by atoms with Crippen LogP contribution in [0.25, 0.3) is 16.7 Å². The highest BCUT2D eigenvalue weighted by Crippen LogP contribution is 2.62. The molecule has 6 rings (SSSR count). The summed E-state index contributed by atoms with van der Waals surface area (Å²) in [6.45, 7) is 4.21. The van der Waals surface area contributed by atoms with E-state index in [-0.39, 0.29) is 5.41 Å². The summed E-state index contributed by atoms with van der Waals surface area (Å²) in [6.07, 6.45) is 8.95. The quantitative estimate of drug-likeness (QED) is 0.697. The van der Waals surface area contributed by atoms with Crippen LogP contribution in [0.5, 0.6) is 0 Å². The number of ether oxygens (including phenoxy) is 1. The van der Waals surface area contributed by atoms with Gasteiger partial charge in [0.05, 0.1) is 11.8 Å². The Balaban J connectivity index is 1.47. The molecule has 1 aliphatic heterocycles. The SMILES string of the molecule is COC1CCC2(CC1)Cc1ccc(-c3ccc4c(c3)C(C)=CC4)cc1C21N=C(C)C(N)=N1. The first-order chi connectivity index (χ1) is 15.4. The highest BCUT2D eigenvalue weighted by atomic mass is 16.5. The van der Waals surface area contributed by atoms with Gasteiger partial charge in [-0.1, -0.05) is 30.3 Å². The van der Waals surface area contributed by atoms with Crippen LogP contribution in [0.1, 0.15) is 61.8 Å². The maximum absolute atomic E-state index is 6.35. The van der Waals surface area contributed by atoms with Gasteiger partial charge in [-0.05, 0) is 97.9 Å². The first kappa shape index (κ1) is 19.9. The van der Waals surface area contributed by atoms with Crippen molar-refractivity contribution in [2.24, 2.45) is 21.1 Å². The molecule has 2 N–H and O–H groups in total. The van der Waals surface area contributed by atoms with E-state index in [4.69, 9.17) is 20.5 Å². The molecule has 4 aliphatic rings. The lowest BCUT2D eigenvalue weighted by molar-refractivity contribution is -0.000372. The van der Waals surface area contributed by atoms with Gasteiger partial charge in [0, 0.05) is 18.1 Å². The third-order valence-corrected chi connectivity index (χ3v) is 8.46. The van der Waals surface area contributed by atoms with Gasteiger partial charge in [-0.25, -0.2) is 4.99 Å². The molecule has 1 atom stereocenters. The Morgan fingerprint density at radius 1 is 0.969 bits per heavy atom. The molecule has 3 aliphatic carbocycles. The fourth-order valence-corrected chi connectivity index (χ4v) is 6.53. The van der Waals surface area contributed by atoms with E-state index in [2.05, 4.69) is 49.4 Å². The first-order valence-corrected chi connectivity index (χ1v) is 11.8. The second kappa shape index (κ2) is 6.89. The molecule has 2 aromatic rings. The molecule has 0 amide bonds. The van der Waals surface area contributed by atoms with Crippen molar-refractivity contribution in [3.8, 4) is 11.1 Å². The maximum atomic E-state index is 6.35. The van der Waals surface area contributed by atoms with Gasteiger partial charge in [-0.15, -0.1) is 0 Å². The molecule has 0 radical (unpaired) electrons. The molecule has 0 aromatic heterocycles. The number of aliphatic imine (C=N–C) groups is 2. The molecule has 0 saturated heterocycles. The number of rotatable bonds is 2. The largest absolute Gasteiger partial charge is 0.382 e. The van der Waals surface area contributed by atoms with E-state index in [9.17, 15) is 0 Å². The van der Waals surface area contributed by atoms with E-state index in [1.165, 1.54) is 39.0 Å². The van der Waals surface area contributed by atoms with Crippen molar-refractivity contribution in [2.75, 3.05) is 7.11 Å². The van der Waals surface area contributed by atoms with Gasteiger partial charge in [0.2, 0.25) is 0 Å². The molecule has 164 valence electrons. The van der Waals surface area contributed by atoms with Gasteiger partial charge in [-0.3, -0.25) is 4.99 Å². The van der Waals surface area contributed by atoms with E-state index in [0.717, 1.165) is 44.2 Å². The van der Waals surface area contributed by atoms with Crippen LogP contribution >= 0.6 is 0 Å². The molecule has 1 fully saturated rings. The van der Waals surface area contributed by atoms with Crippen LogP contribution in [0.4, 0.5) is 0 Å². The van der Waals surface area contributed by atoms with Crippen molar-refractivity contribution in [2.45, 2.75) is 64.1 Å². The fraction of sp³-hybridized carbons (Fsp3) is 0.429. The third kappa shape index (κ3) is 2.65. The maximum Gasteiger partial charge on any atom is 0.184 e. The predicted octanol–water partition coefficient (Wildman–Crippen LogP) is 5.43. The molecule has 4 heteroatoms. The Hall–Kier alpha value is -2.72. The number of fused-ring (bicyclic) bond motifs is 4. The summed E-state index contributed by atoms with van der Waals surface area (Å²) in [5.74, 6) is 0.592. The fourth-order valence-electron chi connectivity index (χ4n) is 6.53. The summed E-state index contributed by atoms with van der Waals surface area (Å²) in [5.41, 5.74) is 15.9. The Labute approximate surface area is 190 Å². The number of nitrogens with two attached hydrogens (primary N) is 1. The lowest BCUT2D eigenvalue weighted by Crippen LogP contribution is -2.43. The average molecular weight is 426 g/mol. The number of hydrogen-bond donors (Lipinski definition) is 1. The van der Waals surface area contributed by atoms with E-state index in [1.807, 2.05) is 14.0 Å². The Kier molecular flexibility index (Phi) is 4.29. The highest BCUT2D eigenvalue weighted by Gasteiger charge is 2.60. The zero-order chi connectivity index (χ0) is 22.1. The minimum Gasteiger partial charge on any atom is -0.382 e. The smallest absolute Gasteiger partial charge is 0.184 e. The first-order valence-electron chi connectivity index (χ1n) is 11.8. The van der Waals surface area contributed by atoms with Crippen molar-refractivity contribution in [3.63, 3.8) is 0 Å². The number of benzene rings is 2. The Morgan fingerprint density at radius 3 is 2.38 bits per heavy atom. The monoisotopic (exact) mass is 425 g/mol. The summed E-state index contributed by atoms with van der Waals surface area (Å²) >= 11 is 0. The number of allylic oxidation sites excluding steroid dienone is 2. The predicted molar refractivity (Wildman–Crippen MR) is 131 cm³/mol. The van der Waals surface area contributed by atoms with Crippen LogP contribution in [0.3, 0.4) is 0 Å². The molecule has 4 nitrogen and oxygen atoms in total. The Bertz CT molecular complexity index is 1190.